The minimum atomic E-state index is 0.497. The molecule has 0 bridgehead atoms. The third-order valence-corrected chi connectivity index (χ3v) is 5.33. The highest BCUT2D eigenvalue weighted by molar-refractivity contribution is 8.00. The Morgan fingerprint density at radius 3 is 2.61 bits per heavy atom. The van der Waals surface area contributed by atoms with Gasteiger partial charge >= 0.3 is 0 Å². The number of benzene rings is 1. The van der Waals surface area contributed by atoms with Crippen molar-refractivity contribution in [3.05, 3.63) is 29.8 Å². The molecule has 1 unspecified atom stereocenters. The van der Waals surface area contributed by atoms with Crippen LogP contribution >= 0.6 is 11.8 Å². The van der Waals surface area contributed by atoms with E-state index in [9.17, 15) is 0 Å². The van der Waals surface area contributed by atoms with E-state index < -0.39 is 0 Å². The number of thioether (sulfide) groups is 1. The Bertz CT molecular complexity index is 354. The molecule has 1 aliphatic carbocycles. The first-order valence-corrected chi connectivity index (χ1v) is 8.16. The van der Waals surface area contributed by atoms with Gasteiger partial charge in [-0.3, -0.25) is 0 Å². The fraction of sp³-hybridized carbons (Fsp3) is 0.625. The van der Waals surface area contributed by atoms with Crippen molar-refractivity contribution in [3.8, 4) is 0 Å². The van der Waals surface area contributed by atoms with E-state index in [1.54, 1.807) is 0 Å². The van der Waals surface area contributed by atoms with Crippen molar-refractivity contribution in [1.82, 2.24) is 5.32 Å². The molecular weight excluding hydrogens is 238 g/mol. The first kappa shape index (κ1) is 14.0. The first-order valence-electron chi connectivity index (χ1n) is 7.28. The van der Waals surface area contributed by atoms with Crippen molar-refractivity contribution in [2.24, 2.45) is 0 Å². The molecule has 2 rings (SSSR count). The molecule has 1 aliphatic rings. The summed E-state index contributed by atoms with van der Waals surface area (Å²) < 4.78 is 0. The quantitative estimate of drug-likeness (QED) is 0.820. The third kappa shape index (κ3) is 3.52. The lowest BCUT2D eigenvalue weighted by molar-refractivity contribution is 0.515. The van der Waals surface area contributed by atoms with Crippen molar-refractivity contribution in [1.29, 1.82) is 0 Å². The van der Waals surface area contributed by atoms with Gasteiger partial charge in [0.1, 0.15) is 0 Å². The Hall–Kier alpha value is -0.470. The van der Waals surface area contributed by atoms with Gasteiger partial charge in [0.2, 0.25) is 0 Å². The Morgan fingerprint density at radius 1 is 1.22 bits per heavy atom. The zero-order valence-corrected chi connectivity index (χ0v) is 12.4. The van der Waals surface area contributed by atoms with E-state index in [1.165, 1.54) is 42.6 Å². The zero-order valence-electron chi connectivity index (χ0n) is 11.6. The van der Waals surface area contributed by atoms with Crippen molar-refractivity contribution in [3.63, 3.8) is 0 Å². The maximum Gasteiger partial charge on any atom is 0.0326 e. The van der Waals surface area contributed by atoms with E-state index in [1.807, 2.05) is 0 Å². The molecule has 1 aromatic carbocycles. The van der Waals surface area contributed by atoms with E-state index in [2.05, 4.69) is 55.3 Å². The molecule has 0 radical (unpaired) electrons. The van der Waals surface area contributed by atoms with Crippen LogP contribution in [-0.4, -0.2) is 12.3 Å². The SMILES string of the molecule is CCC(NC)c1ccccc1SC1CCCCC1. The lowest BCUT2D eigenvalue weighted by atomic mass is 10.0. The van der Waals surface area contributed by atoms with E-state index in [0.717, 1.165) is 11.7 Å². The van der Waals surface area contributed by atoms with E-state index >= 15 is 0 Å². The highest BCUT2D eigenvalue weighted by Crippen LogP contribution is 2.37. The summed E-state index contributed by atoms with van der Waals surface area (Å²) in [6, 6.07) is 9.43. The summed E-state index contributed by atoms with van der Waals surface area (Å²) in [6.45, 7) is 2.25. The van der Waals surface area contributed by atoms with Crippen LogP contribution in [0, 0.1) is 0 Å². The zero-order chi connectivity index (χ0) is 12.8. The van der Waals surface area contributed by atoms with Crippen LogP contribution in [-0.2, 0) is 0 Å². The molecule has 0 saturated heterocycles. The molecule has 18 heavy (non-hydrogen) atoms. The number of rotatable bonds is 5. The maximum absolute atomic E-state index is 3.43. The molecule has 0 aliphatic heterocycles. The fourth-order valence-electron chi connectivity index (χ4n) is 2.82. The highest BCUT2D eigenvalue weighted by atomic mass is 32.2. The van der Waals surface area contributed by atoms with Crippen molar-refractivity contribution in [2.45, 2.75) is 61.6 Å². The second-order valence-electron chi connectivity index (χ2n) is 5.17. The van der Waals surface area contributed by atoms with Gasteiger partial charge in [0, 0.05) is 16.2 Å². The van der Waals surface area contributed by atoms with Crippen LogP contribution in [0.15, 0.2) is 29.2 Å². The molecular formula is C16H25NS. The molecule has 0 spiro atoms. The molecule has 1 nitrogen and oxygen atoms in total. The summed E-state index contributed by atoms with van der Waals surface area (Å²) in [4.78, 5) is 1.49. The van der Waals surface area contributed by atoms with Gasteiger partial charge in [-0.2, -0.15) is 0 Å². The van der Waals surface area contributed by atoms with Gasteiger partial charge in [-0.15, -0.1) is 11.8 Å². The van der Waals surface area contributed by atoms with Crippen LogP contribution < -0.4 is 5.32 Å². The third-order valence-electron chi connectivity index (χ3n) is 3.90. The Labute approximate surface area is 116 Å². The largest absolute Gasteiger partial charge is 0.313 e. The lowest BCUT2D eigenvalue weighted by Crippen LogP contribution is -2.16. The lowest BCUT2D eigenvalue weighted by Gasteiger charge is -2.24. The average molecular weight is 263 g/mol. The van der Waals surface area contributed by atoms with Crippen molar-refractivity contribution >= 4 is 11.8 Å². The molecule has 0 heterocycles. The van der Waals surface area contributed by atoms with Gasteiger partial charge in [-0.05, 0) is 37.9 Å². The monoisotopic (exact) mass is 263 g/mol. The van der Waals surface area contributed by atoms with Crippen molar-refractivity contribution < 1.29 is 0 Å². The molecule has 2 heteroatoms. The summed E-state index contributed by atoms with van der Waals surface area (Å²) >= 11 is 2.11. The van der Waals surface area contributed by atoms with Crippen LogP contribution in [0.5, 0.6) is 0 Å². The number of hydrogen-bond acceptors (Lipinski definition) is 2. The van der Waals surface area contributed by atoms with E-state index in [4.69, 9.17) is 0 Å². The molecule has 0 aromatic heterocycles. The topological polar surface area (TPSA) is 12.0 Å². The van der Waals surface area contributed by atoms with Crippen LogP contribution in [0.25, 0.3) is 0 Å². The maximum atomic E-state index is 3.43. The minimum Gasteiger partial charge on any atom is -0.313 e. The van der Waals surface area contributed by atoms with Gasteiger partial charge in [-0.25, -0.2) is 0 Å². The predicted octanol–water partition coefficient (Wildman–Crippen LogP) is 4.78. The summed E-state index contributed by atoms with van der Waals surface area (Å²) in [5, 5.41) is 4.27. The van der Waals surface area contributed by atoms with Crippen LogP contribution in [0.2, 0.25) is 0 Å². The Morgan fingerprint density at radius 2 is 1.94 bits per heavy atom. The summed E-state index contributed by atoms with van der Waals surface area (Å²) in [5.41, 5.74) is 1.48. The van der Waals surface area contributed by atoms with E-state index in [0.29, 0.717) is 6.04 Å². The molecule has 1 fully saturated rings. The minimum absolute atomic E-state index is 0.497. The standard InChI is InChI=1S/C16H25NS/c1-3-15(17-2)14-11-7-8-12-16(14)18-13-9-5-4-6-10-13/h7-8,11-13,15,17H,3-6,9-10H2,1-2H3. The normalized spacial score (nSPS) is 18.8. The smallest absolute Gasteiger partial charge is 0.0326 e. The molecule has 1 atom stereocenters. The molecule has 1 N–H and O–H groups in total. The number of hydrogen-bond donors (Lipinski definition) is 1. The number of nitrogens with one attached hydrogen (secondary N) is 1. The Kier molecular flexibility index (Phi) is 5.58. The molecule has 100 valence electrons. The van der Waals surface area contributed by atoms with Crippen LogP contribution in [0.3, 0.4) is 0 Å². The second-order valence-corrected chi connectivity index (χ2v) is 6.51. The van der Waals surface area contributed by atoms with Gasteiger partial charge < -0.3 is 5.32 Å². The first-order chi connectivity index (χ1) is 8.85. The van der Waals surface area contributed by atoms with E-state index in [-0.39, 0.29) is 0 Å². The average Bonchev–Trinajstić information content (AvgIpc) is 2.43. The fourth-order valence-corrected chi connectivity index (χ4v) is 4.25. The molecule has 0 amide bonds. The van der Waals surface area contributed by atoms with Crippen LogP contribution in [0.4, 0.5) is 0 Å². The summed E-state index contributed by atoms with van der Waals surface area (Å²) in [7, 11) is 2.07. The van der Waals surface area contributed by atoms with Crippen molar-refractivity contribution in [2.75, 3.05) is 7.05 Å². The van der Waals surface area contributed by atoms with Crippen LogP contribution in [0.1, 0.15) is 57.1 Å². The highest BCUT2D eigenvalue weighted by Gasteiger charge is 2.18. The Balaban J connectivity index is 2.10. The second kappa shape index (κ2) is 7.20. The van der Waals surface area contributed by atoms with Gasteiger partial charge in [-0.1, -0.05) is 44.4 Å². The van der Waals surface area contributed by atoms with Gasteiger partial charge in [0.15, 0.2) is 0 Å². The summed E-state index contributed by atoms with van der Waals surface area (Å²) in [5.74, 6) is 0. The van der Waals surface area contributed by atoms with Gasteiger partial charge in [0.05, 0.1) is 0 Å². The van der Waals surface area contributed by atoms with Gasteiger partial charge in [0.25, 0.3) is 0 Å². The molecule has 1 aromatic rings. The summed E-state index contributed by atoms with van der Waals surface area (Å²) in [6.07, 6.45) is 8.22. The predicted molar refractivity (Wildman–Crippen MR) is 81.3 cm³/mol. The molecule has 1 saturated carbocycles.